The molecule has 8 aromatic carbocycles. The summed E-state index contributed by atoms with van der Waals surface area (Å²) in [6.07, 6.45) is 3.58. The van der Waals surface area contributed by atoms with Crippen molar-refractivity contribution in [2.24, 2.45) is 0 Å². The highest BCUT2D eigenvalue weighted by Crippen LogP contribution is 2.42. The molecule has 274 valence electrons. The summed E-state index contributed by atoms with van der Waals surface area (Å²) >= 11 is 0. The van der Waals surface area contributed by atoms with Crippen LogP contribution in [0.25, 0.3) is 105 Å². The van der Waals surface area contributed by atoms with Gasteiger partial charge in [0.15, 0.2) is 0 Å². The number of pyridine rings is 1. The van der Waals surface area contributed by atoms with Crippen molar-refractivity contribution in [3.8, 4) is 45.4 Å². The Labute approximate surface area is 339 Å². The Morgan fingerprint density at radius 2 is 0.780 bits per heavy atom. The van der Waals surface area contributed by atoms with Crippen LogP contribution in [0.5, 0.6) is 0 Å². The second kappa shape index (κ2) is 12.9. The Balaban J connectivity index is 1.23. The van der Waals surface area contributed by atoms with Crippen LogP contribution < -0.4 is 0 Å². The van der Waals surface area contributed by atoms with E-state index in [1.807, 2.05) is 18.2 Å². The van der Waals surface area contributed by atoms with Gasteiger partial charge in [0, 0.05) is 67.2 Å². The number of nitrogens with zero attached hydrogens (tertiary/aromatic N) is 5. The smallest absolute Gasteiger partial charge is 0.0998 e. The van der Waals surface area contributed by atoms with Crippen LogP contribution in [0.4, 0.5) is 0 Å². The quantitative estimate of drug-likeness (QED) is 0.176. The molecule has 12 rings (SSSR count). The molecule has 0 aliphatic rings. The lowest BCUT2D eigenvalue weighted by molar-refractivity contribution is 1.14. The second-order valence-corrected chi connectivity index (χ2v) is 15.1. The molecule has 0 amide bonds. The molecule has 12 aromatic rings. The molecule has 0 saturated carbocycles. The summed E-state index contributed by atoms with van der Waals surface area (Å²) in [6, 6.07) is 69.6. The first-order valence-electron chi connectivity index (χ1n) is 19.8. The average Bonchev–Trinajstić information content (AvgIpc) is 3.94. The standard InChI is InChI=1S/C54H33N5/c55-34-37-30-47(35-12-2-1-3-13-35)54(33-46(37)36-26-28-56-29-27-36)59-52-31-38(57-48-18-8-4-14-40(48)41-15-5-9-19-49(41)57)22-24-44(52)45-25-23-39(32-53(45)59)58-50-20-10-6-16-42(50)43-17-7-11-21-51(43)58/h1-33H. The summed E-state index contributed by atoms with van der Waals surface area (Å²) in [5.74, 6) is 0. The fourth-order valence-electron chi connectivity index (χ4n) is 9.42. The van der Waals surface area contributed by atoms with E-state index in [9.17, 15) is 5.26 Å². The van der Waals surface area contributed by atoms with Gasteiger partial charge in [0.25, 0.3) is 0 Å². The predicted molar refractivity (Wildman–Crippen MR) is 243 cm³/mol. The predicted octanol–water partition coefficient (Wildman–Crippen LogP) is 13.6. The van der Waals surface area contributed by atoms with Gasteiger partial charge in [-0.3, -0.25) is 4.98 Å². The zero-order valence-corrected chi connectivity index (χ0v) is 31.8. The highest BCUT2D eigenvalue weighted by atomic mass is 15.0. The van der Waals surface area contributed by atoms with Gasteiger partial charge in [0.05, 0.1) is 50.4 Å². The Morgan fingerprint density at radius 1 is 0.356 bits per heavy atom. The van der Waals surface area contributed by atoms with Gasteiger partial charge in [-0.2, -0.15) is 5.26 Å². The van der Waals surface area contributed by atoms with E-state index in [1.54, 1.807) is 12.4 Å². The number of nitriles is 1. The van der Waals surface area contributed by atoms with Crippen LogP contribution in [0.15, 0.2) is 200 Å². The Kier molecular flexibility index (Phi) is 7.22. The maximum absolute atomic E-state index is 10.7. The Hall–Kier alpha value is -8.20. The first-order valence-corrected chi connectivity index (χ1v) is 19.8. The molecule has 0 spiro atoms. The molecular formula is C54H33N5. The SMILES string of the molecule is N#Cc1cc(-c2ccccc2)c(-n2c3cc(-n4c5ccccc5c5ccccc54)ccc3c3ccc(-n4c5ccccc5c5ccccc54)cc32)cc1-c1ccncc1. The van der Waals surface area contributed by atoms with Crippen LogP contribution in [0.2, 0.25) is 0 Å². The molecule has 5 heteroatoms. The molecule has 0 atom stereocenters. The van der Waals surface area contributed by atoms with Gasteiger partial charge >= 0.3 is 0 Å². The minimum Gasteiger partial charge on any atom is -0.309 e. The van der Waals surface area contributed by atoms with Gasteiger partial charge in [-0.25, -0.2) is 0 Å². The normalized spacial score (nSPS) is 11.7. The van der Waals surface area contributed by atoms with Crippen LogP contribution in [-0.4, -0.2) is 18.7 Å². The molecule has 4 heterocycles. The highest BCUT2D eigenvalue weighted by molar-refractivity contribution is 6.14. The molecule has 0 saturated heterocycles. The highest BCUT2D eigenvalue weighted by Gasteiger charge is 2.22. The number of aromatic nitrogens is 4. The minimum atomic E-state index is 0.608. The van der Waals surface area contributed by atoms with E-state index in [-0.39, 0.29) is 0 Å². The van der Waals surface area contributed by atoms with Crippen LogP contribution >= 0.6 is 0 Å². The zero-order valence-electron chi connectivity index (χ0n) is 31.8. The molecule has 0 fully saturated rings. The lowest BCUT2D eigenvalue weighted by atomic mass is 9.94. The van der Waals surface area contributed by atoms with Crippen molar-refractivity contribution in [3.05, 3.63) is 206 Å². The van der Waals surface area contributed by atoms with E-state index in [2.05, 4.69) is 195 Å². The van der Waals surface area contributed by atoms with Crippen molar-refractivity contribution in [1.82, 2.24) is 18.7 Å². The number of hydrogen-bond acceptors (Lipinski definition) is 2. The first kappa shape index (κ1) is 33.0. The second-order valence-electron chi connectivity index (χ2n) is 15.1. The van der Waals surface area contributed by atoms with E-state index in [4.69, 9.17) is 0 Å². The van der Waals surface area contributed by atoms with Gasteiger partial charge in [-0.1, -0.05) is 115 Å². The number of para-hydroxylation sites is 4. The molecule has 5 nitrogen and oxygen atoms in total. The topological polar surface area (TPSA) is 51.5 Å². The van der Waals surface area contributed by atoms with Crippen molar-refractivity contribution in [2.45, 2.75) is 0 Å². The van der Waals surface area contributed by atoms with E-state index in [0.29, 0.717) is 5.56 Å². The van der Waals surface area contributed by atoms with Crippen molar-refractivity contribution in [2.75, 3.05) is 0 Å². The third kappa shape index (κ3) is 4.94. The molecule has 59 heavy (non-hydrogen) atoms. The largest absolute Gasteiger partial charge is 0.309 e. The fraction of sp³-hybridized carbons (Fsp3) is 0. The minimum absolute atomic E-state index is 0.608. The molecule has 0 radical (unpaired) electrons. The van der Waals surface area contributed by atoms with Crippen molar-refractivity contribution in [3.63, 3.8) is 0 Å². The van der Waals surface area contributed by atoms with Gasteiger partial charge in [-0.15, -0.1) is 0 Å². The van der Waals surface area contributed by atoms with E-state index < -0.39 is 0 Å². The number of rotatable bonds is 5. The van der Waals surface area contributed by atoms with Gasteiger partial charge in [-0.05, 0) is 83.9 Å². The molecular weight excluding hydrogens is 719 g/mol. The molecule has 0 unspecified atom stereocenters. The van der Waals surface area contributed by atoms with Crippen LogP contribution in [0.1, 0.15) is 5.56 Å². The van der Waals surface area contributed by atoms with Gasteiger partial charge in [0.2, 0.25) is 0 Å². The third-order valence-electron chi connectivity index (χ3n) is 12.0. The maximum Gasteiger partial charge on any atom is 0.0998 e. The summed E-state index contributed by atoms with van der Waals surface area (Å²) in [7, 11) is 0. The average molecular weight is 752 g/mol. The zero-order chi connectivity index (χ0) is 39.0. The first-order chi connectivity index (χ1) is 29.2. The summed E-state index contributed by atoms with van der Waals surface area (Å²) in [5.41, 5.74) is 14.3. The summed E-state index contributed by atoms with van der Waals surface area (Å²) in [6.45, 7) is 0. The Bertz CT molecular complexity index is 3400. The monoisotopic (exact) mass is 751 g/mol. The van der Waals surface area contributed by atoms with Gasteiger partial charge in [0.1, 0.15) is 0 Å². The summed E-state index contributed by atoms with van der Waals surface area (Å²) in [4.78, 5) is 4.31. The number of hydrogen-bond donors (Lipinski definition) is 0. The maximum atomic E-state index is 10.7. The number of benzene rings is 8. The van der Waals surface area contributed by atoms with Gasteiger partial charge < -0.3 is 13.7 Å². The van der Waals surface area contributed by atoms with Crippen LogP contribution in [0, 0.1) is 11.3 Å². The lowest BCUT2D eigenvalue weighted by Gasteiger charge is -2.18. The molecule has 0 aliphatic heterocycles. The fourth-order valence-corrected chi connectivity index (χ4v) is 9.42. The molecule has 4 aromatic heterocycles. The lowest BCUT2D eigenvalue weighted by Crippen LogP contribution is -2.02. The number of fused-ring (bicyclic) bond motifs is 9. The van der Waals surface area contributed by atoms with Crippen molar-refractivity contribution < 1.29 is 0 Å². The van der Waals surface area contributed by atoms with Crippen LogP contribution in [0.3, 0.4) is 0 Å². The Morgan fingerprint density at radius 3 is 1.25 bits per heavy atom. The molecule has 0 N–H and O–H groups in total. The summed E-state index contributed by atoms with van der Waals surface area (Å²) in [5, 5.41) is 17.8. The molecule has 0 bridgehead atoms. The third-order valence-corrected chi connectivity index (χ3v) is 12.0. The summed E-state index contributed by atoms with van der Waals surface area (Å²) < 4.78 is 7.19. The van der Waals surface area contributed by atoms with E-state index >= 15 is 0 Å². The van der Waals surface area contributed by atoms with Crippen molar-refractivity contribution >= 4 is 65.4 Å². The van der Waals surface area contributed by atoms with E-state index in [0.717, 1.165) is 83.2 Å². The molecule has 0 aliphatic carbocycles. The van der Waals surface area contributed by atoms with Crippen LogP contribution in [-0.2, 0) is 0 Å². The van der Waals surface area contributed by atoms with E-state index in [1.165, 1.54) is 21.5 Å². The van der Waals surface area contributed by atoms with Crippen molar-refractivity contribution in [1.29, 1.82) is 5.26 Å².